The van der Waals surface area contributed by atoms with Crippen molar-refractivity contribution in [3.63, 3.8) is 0 Å². The van der Waals surface area contributed by atoms with Crippen molar-refractivity contribution < 1.29 is 27.8 Å². The Morgan fingerprint density at radius 3 is 2.30 bits per heavy atom. The number of sulfonamides is 1. The number of carboxylic acids is 1. The van der Waals surface area contributed by atoms with E-state index in [4.69, 9.17) is 5.73 Å². The van der Waals surface area contributed by atoms with Gasteiger partial charge in [0.15, 0.2) is 0 Å². The van der Waals surface area contributed by atoms with Crippen LogP contribution in [-0.2, 0) is 32.3 Å². The van der Waals surface area contributed by atoms with E-state index in [9.17, 15) is 27.8 Å². The zero-order valence-electron chi connectivity index (χ0n) is 18.9. The zero-order valence-corrected chi connectivity index (χ0v) is 20.6. The Bertz CT molecular complexity index is 1080. The van der Waals surface area contributed by atoms with Crippen LogP contribution in [0, 0.1) is 5.92 Å². The third-order valence-electron chi connectivity index (χ3n) is 5.42. The molecule has 33 heavy (non-hydrogen) atoms. The van der Waals surface area contributed by atoms with Crippen LogP contribution < -0.4 is 10.5 Å². The van der Waals surface area contributed by atoms with E-state index in [1.807, 2.05) is 30.3 Å². The van der Waals surface area contributed by atoms with Crippen molar-refractivity contribution in [3.05, 3.63) is 71.3 Å². The third kappa shape index (κ3) is 8.36. The number of carboxylic acid groups (broad SMARTS) is 1. The molecule has 2 rings (SSSR count). The van der Waals surface area contributed by atoms with Crippen molar-refractivity contribution in [1.82, 2.24) is 4.72 Å². The van der Waals surface area contributed by atoms with Gasteiger partial charge in [-0.25, -0.2) is 13.1 Å². The standard InChI is InChI=1S/C23H33N2O6PS/c1-17(2)22(25-33(30,31)13-7-11-18-8-4-3-5-9-18)32(28,29)16-21(23(26)27)20-12-6-10-19(14-20)15-24/h3-6,8-10,12,14,17,21-22,25H,7,11,13,15-16,24H2,1-2H3,(H,26,27)(H,28,29)/t21-,22-/m0/s1. The van der Waals surface area contributed by atoms with E-state index in [-0.39, 0.29) is 12.3 Å². The average Bonchev–Trinajstić information content (AvgIpc) is 2.76. The van der Waals surface area contributed by atoms with Crippen molar-refractivity contribution in [2.24, 2.45) is 11.7 Å². The largest absolute Gasteiger partial charge is 0.481 e. The summed E-state index contributed by atoms with van der Waals surface area (Å²) in [5.41, 5.74) is 7.69. The highest BCUT2D eigenvalue weighted by Gasteiger charge is 2.40. The minimum absolute atomic E-state index is 0.202. The molecule has 5 N–H and O–H groups in total. The van der Waals surface area contributed by atoms with Gasteiger partial charge in [0.25, 0.3) is 0 Å². The predicted octanol–water partition coefficient (Wildman–Crippen LogP) is 3.12. The maximum Gasteiger partial charge on any atom is 0.311 e. The lowest BCUT2D eigenvalue weighted by molar-refractivity contribution is -0.138. The number of nitrogens with one attached hydrogen (secondary N) is 1. The molecule has 8 nitrogen and oxygen atoms in total. The minimum Gasteiger partial charge on any atom is -0.481 e. The minimum atomic E-state index is -4.25. The molecule has 0 radical (unpaired) electrons. The molecule has 0 aromatic heterocycles. The molecule has 3 atom stereocenters. The summed E-state index contributed by atoms with van der Waals surface area (Å²) in [5, 5.41) is 9.73. The molecule has 0 aliphatic rings. The molecule has 0 saturated heterocycles. The summed E-state index contributed by atoms with van der Waals surface area (Å²) in [6, 6.07) is 16.0. The Kier molecular flexibility index (Phi) is 9.82. The van der Waals surface area contributed by atoms with E-state index >= 15 is 0 Å². The number of carbonyl (C=O) groups is 1. The fraction of sp³-hybridized carbons (Fsp3) is 0.435. The van der Waals surface area contributed by atoms with Crippen molar-refractivity contribution >= 4 is 23.4 Å². The molecule has 10 heteroatoms. The van der Waals surface area contributed by atoms with Crippen molar-refractivity contribution in [2.75, 3.05) is 11.9 Å². The molecule has 0 saturated carbocycles. The molecule has 0 fully saturated rings. The molecule has 0 amide bonds. The van der Waals surface area contributed by atoms with Crippen LogP contribution >= 0.6 is 7.37 Å². The summed E-state index contributed by atoms with van der Waals surface area (Å²) in [7, 11) is -8.10. The van der Waals surface area contributed by atoms with E-state index in [0.717, 1.165) is 5.56 Å². The molecule has 0 bridgehead atoms. The molecular weight excluding hydrogens is 463 g/mol. The fourth-order valence-corrected chi connectivity index (χ4v) is 8.15. The van der Waals surface area contributed by atoms with Gasteiger partial charge in [-0.3, -0.25) is 9.36 Å². The van der Waals surface area contributed by atoms with Gasteiger partial charge in [0.1, 0.15) is 5.78 Å². The monoisotopic (exact) mass is 496 g/mol. The summed E-state index contributed by atoms with van der Waals surface area (Å²) < 4.78 is 41.1. The van der Waals surface area contributed by atoms with Crippen LogP contribution in [0.2, 0.25) is 0 Å². The number of rotatable bonds is 13. The lowest BCUT2D eigenvalue weighted by atomic mass is 9.99. The predicted molar refractivity (Wildman–Crippen MR) is 130 cm³/mol. The first-order chi connectivity index (χ1) is 15.4. The first kappa shape index (κ1) is 27.2. The highest BCUT2D eigenvalue weighted by Crippen LogP contribution is 2.51. The van der Waals surface area contributed by atoms with Gasteiger partial charge in [-0.2, -0.15) is 0 Å². The van der Waals surface area contributed by atoms with Gasteiger partial charge in [-0.15, -0.1) is 0 Å². The maximum absolute atomic E-state index is 13.3. The maximum atomic E-state index is 13.3. The van der Waals surface area contributed by atoms with Gasteiger partial charge in [0.2, 0.25) is 17.4 Å². The lowest BCUT2D eigenvalue weighted by Crippen LogP contribution is -2.41. The Balaban J connectivity index is 2.15. The molecule has 2 aromatic rings. The summed E-state index contributed by atoms with van der Waals surface area (Å²) in [4.78, 5) is 22.8. The highest BCUT2D eigenvalue weighted by molar-refractivity contribution is 7.89. The summed E-state index contributed by atoms with van der Waals surface area (Å²) in [6.45, 7) is 3.46. The number of aryl methyl sites for hydroxylation is 1. The van der Waals surface area contributed by atoms with E-state index in [0.29, 0.717) is 24.0 Å². The van der Waals surface area contributed by atoms with Crippen LogP contribution in [0.5, 0.6) is 0 Å². The Labute approximate surface area is 195 Å². The summed E-state index contributed by atoms with van der Waals surface area (Å²) in [5.74, 6) is -4.54. The second-order valence-electron chi connectivity index (χ2n) is 8.49. The second-order valence-corrected chi connectivity index (χ2v) is 12.8. The molecule has 0 aliphatic carbocycles. The highest BCUT2D eigenvalue weighted by atomic mass is 32.2. The van der Waals surface area contributed by atoms with Crippen molar-refractivity contribution in [2.45, 2.75) is 44.9 Å². The Morgan fingerprint density at radius 2 is 1.73 bits per heavy atom. The number of aliphatic carboxylic acids is 1. The quantitative estimate of drug-likeness (QED) is 0.312. The van der Waals surface area contributed by atoms with Crippen LogP contribution in [0.1, 0.15) is 42.9 Å². The van der Waals surface area contributed by atoms with Crippen LogP contribution in [0.3, 0.4) is 0 Å². The Hall–Kier alpha value is -2.03. The van der Waals surface area contributed by atoms with E-state index < -0.39 is 47.1 Å². The molecule has 0 heterocycles. The normalized spacial score (nSPS) is 15.7. The fourth-order valence-electron chi connectivity index (χ4n) is 3.68. The third-order valence-corrected chi connectivity index (χ3v) is 9.52. The number of nitrogens with two attached hydrogens (primary N) is 1. The van der Waals surface area contributed by atoms with E-state index in [1.165, 1.54) is 0 Å². The van der Waals surface area contributed by atoms with Gasteiger partial charge < -0.3 is 15.7 Å². The second kappa shape index (κ2) is 11.9. The van der Waals surface area contributed by atoms with Crippen LogP contribution in [0.4, 0.5) is 0 Å². The molecule has 0 spiro atoms. The molecule has 1 unspecified atom stereocenters. The first-order valence-corrected chi connectivity index (χ1v) is 14.4. The van der Waals surface area contributed by atoms with Crippen LogP contribution in [0.25, 0.3) is 0 Å². The van der Waals surface area contributed by atoms with Gasteiger partial charge in [0.05, 0.1) is 11.7 Å². The topological polar surface area (TPSA) is 147 Å². The Morgan fingerprint density at radius 1 is 1.09 bits per heavy atom. The SMILES string of the molecule is CC(C)[C@@H](NS(=O)(=O)CCCc1ccccc1)P(=O)(O)C[C@H](C(=O)O)c1cccc(CN)c1. The number of hydrogen-bond acceptors (Lipinski definition) is 5. The lowest BCUT2D eigenvalue weighted by Gasteiger charge is -2.29. The molecular formula is C23H33N2O6PS. The van der Waals surface area contributed by atoms with E-state index in [2.05, 4.69) is 4.72 Å². The summed E-state index contributed by atoms with van der Waals surface area (Å²) >= 11 is 0. The van der Waals surface area contributed by atoms with Gasteiger partial charge >= 0.3 is 5.97 Å². The van der Waals surface area contributed by atoms with Crippen molar-refractivity contribution in [1.29, 1.82) is 0 Å². The summed E-state index contributed by atoms with van der Waals surface area (Å²) in [6.07, 6.45) is 0.318. The zero-order chi connectivity index (χ0) is 24.6. The number of benzene rings is 2. The smallest absolute Gasteiger partial charge is 0.311 e. The van der Waals surface area contributed by atoms with Gasteiger partial charge in [0, 0.05) is 12.7 Å². The van der Waals surface area contributed by atoms with Crippen LogP contribution in [-0.4, -0.2) is 42.1 Å². The molecule has 0 aliphatic heterocycles. The number of hydrogen-bond donors (Lipinski definition) is 4. The molecule has 182 valence electrons. The molecule has 2 aromatic carbocycles. The first-order valence-electron chi connectivity index (χ1n) is 10.8. The van der Waals surface area contributed by atoms with Crippen LogP contribution in [0.15, 0.2) is 54.6 Å². The van der Waals surface area contributed by atoms with Gasteiger partial charge in [-0.05, 0) is 35.4 Å². The van der Waals surface area contributed by atoms with Gasteiger partial charge in [-0.1, -0.05) is 68.4 Å². The average molecular weight is 497 g/mol. The van der Waals surface area contributed by atoms with E-state index in [1.54, 1.807) is 38.1 Å². The van der Waals surface area contributed by atoms with Crippen molar-refractivity contribution in [3.8, 4) is 0 Å².